The fourth-order valence-corrected chi connectivity index (χ4v) is 2.16. The maximum atomic E-state index is 3.28. The van der Waals surface area contributed by atoms with Crippen molar-refractivity contribution in [3.63, 3.8) is 0 Å². The summed E-state index contributed by atoms with van der Waals surface area (Å²) in [5, 5.41) is 3.87. The summed E-state index contributed by atoms with van der Waals surface area (Å²) < 4.78 is 0. The summed E-state index contributed by atoms with van der Waals surface area (Å²) in [6.07, 6.45) is 1.17. The van der Waals surface area contributed by atoms with Crippen molar-refractivity contribution in [1.29, 1.82) is 0 Å². The zero-order valence-corrected chi connectivity index (χ0v) is 9.10. The molecule has 1 N–H and O–H groups in total. The fourth-order valence-electron chi connectivity index (χ4n) is 1.18. The first-order valence-corrected chi connectivity index (χ1v) is 5.74. The van der Waals surface area contributed by atoms with Gasteiger partial charge in [0.05, 0.1) is 5.37 Å². The number of thioether (sulfide) groups is 1. The minimum Gasteiger partial charge on any atom is -0.308 e. The van der Waals surface area contributed by atoms with Crippen LogP contribution >= 0.6 is 11.8 Å². The van der Waals surface area contributed by atoms with Crippen molar-refractivity contribution in [2.75, 3.05) is 7.05 Å². The van der Waals surface area contributed by atoms with E-state index >= 15 is 0 Å². The van der Waals surface area contributed by atoms with Crippen LogP contribution in [-0.4, -0.2) is 12.4 Å². The molecule has 0 heterocycles. The third-order valence-electron chi connectivity index (χ3n) is 1.99. The van der Waals surface area contributed by atoms with Gasteiger partial charge in [0.1, 0.15) is 0 Å². The Morgan fingerprint density at radius 1 is 1.31 bits per heavy atom. The van der Waals surface area contributed by atoms with Crippen molar-refractivity contribution in [2.45, 2.75) is 24.5 Å². The smallest absolute Gasteiger partial charge is 0.0530 e. The first-order valence-electron chi connectivity index (χ1n) is 4.69. The van der Waals surface area contributed by atoms with Gasteiger partial charge in [-0.3, -0.25) is 0 Å². The maximum Gasteiger partial charge on any atom is 0.0530 e. The Bertz CT molecular complexity index is 219. The molecule has 0 aromatic heterocycles. The number of hydrogen-bond acceptors (Lipinski definition) is 2. The van der Waals surface area contributed by atoms with Gasteiger partial charge < -0.3 is 5.32 Å². The summed E-state index contributed by atoms with van der Waals surface area (Å²) in [6, 6.07) is 10.6. The van der Waals surface area contributed by atoms with E-state index < -0.39 is 0 Å². The topological polar surface area (TPSA) is 12.0 Å². The summed E-state index contributed by atoms with van der Waals surface area (Å²) in [5.41, 5.74) is 1.40. The van der Waals surface area contributed by atoms with Crippen molar-refractivity contribution < 1.29 is 0 Å². The van der Waals surface area contributed by atoms with Gasteiger partial charge in [-0.2, -0.15) is 0 Å². The molecule has 72 valence electrons. The van der Waals surface area contributed by atoms with Crippen LogP contribution in [0.4, 0.5) is 0 Å². The van der Waals surface area contributed by atoms with Crippen molar-refractivity contribution in [3.8, 4) is 0 Å². The Kier molecular flexibility index (Phi) is 4.94. The SMILES string of the molecule is CCC(NC)SCc1ccccc1. The highest BCUT2D eigenvalue weighted by Crippen LogP contribution is 2.17. The van der Waals surface area contributed by atoms with Crippen LogP contribution in [0.1, 0.15) is 18.9 Å². The highest BCUT2D eigenvalue weighted by atomic mass is 32.2. The Hall–Kier alpha value is -0.470. The van der Waals surface area contributed by atoms with Gasteiger partial charge in [0.2, 0.25) is 0 Å². The minimum atomic E-state index is 0.584. The lowest BCUT2D eigenvalue weighted by Gasteiger charge is -2.12. The second kappa shape index (κ2) is 6.06. The summed E-state index contributed by atoms with van der Waals surface area (Å²) in [4.78, 5) is 0. The molecule has 1 aromatic rings. The molecule has 2 heteroatoms. The number of hydrogen-bond donors (Lipinski definition) is 1. The van der Waals surface area contributed by atoms with Crippen LogP contribution in [0.15, 0.2) is 30.3 Å². The summed E-state index contributed by atoms with van der Waals surface area (Å²) >= 11 is 1.96. The van der Waals surface area contributed by atoms with Crippen molar-refractivity contribution in [2.24, 2.45) is 0 Å². The van der Waals surface area contributed by atoms with Crippen LogP contribution in [-0.2, 0) is 5.75 Å². The quantitative estimate of drug-likeness (QED) is 0.725. The molecule has 0 aliphatic rings. The van der Waals surface area contributed by atoms with Crippen LogP contribution in [0, 0.1) is 0 Å². The molecule has 0 saturated heterocycles. The normalized spacial score (nSPS) is 12.8. The number of rotatable bonds is 5. The van der Waals surface area contributed by atoms with Gasteiger partial charge in [0, 0.05) is 5.75 Å². The van der Waals surface area contributed by atoms with E-state index in [-0.39, 0.29) is 0 Å². The lowest BCUT2D eigenvalue weighted by Crippen LogP contribution is -2.20. The molecule has 0 radical (unpaired) electrons. The average Bonchev–Trinajstić information content (AvgIpc) is 2.21. The summed E-state index contributed by atoms with van der Waals surface area (Å²) in [6.45, 7) is 2.21. The van der Waals surface area contributed by atoms with E-state index in [2.05, 4.69) is 42.6 Å². The van der Waals surface area contributed by atoms with Gasteiger partial charge in [-0.1, -0.05) is 37.3 Å². The van der Waals surface area contributed by atoms with E-state index in [0.717, 1.165) is 5.75 Å². The lowest BCUT2D eigenvalue weighted by molar-refractivity contribution is 0.717. The average molecular weight is 195 g/mol. The third-order valence-corrected chi connectivity index (χ3v) is 3.46. The molecule has 0 bridgehead atoms. The predicted molar refractivity (Wildman–Crippen MR) is 60.9 cm³/mol. The van der Waals surface area contributed by atoms with Gasteiger partial charge >= 0.3 is 0 Å². The zero-order chi connectivity index (χ0) is 9.52. The Morgan fingerprint density at radius 3 is 2.54 bits per heavy atom. The van der Waals surface area contributed by atoms with Crippen molar-refractivity contribution in [3.05, 3.63) is 35.9 Å². The van der Waals surface area contributed by atoms with Gasteiger partial charge in [-0.25, -0.2) is 0 Å². The van der Waals surface area contributed by atoms with Crippen LogP contribution in [0.25, 0.3) is 0 Å². The molecule has 1 rings (SSSR count). The molecule has 1 aromatic carbocycles. The van der Waals surface area contributed by atoms with E-state index in [4.69, 9.17) is 0 Å². The maximum absolute atomic E-state index is 3.28. The fraction of sp³-hybridized carbons (Fsp3) is 0.455. The Balaban J connectivity index is 2.34. The predicted octanol–water partition coefficient (Wildman–Crippen LogP) is 2.88. The standard InChI is InChI=1S/C11H17NS/c1-3-11(12-2)13-9-10-7-5-4-6-8-10/h4-8,11-12H,3,9H2,1-2H3. The van der Waals surface area contributed by atoms with E-state index in [9.17, 15) is 0 Å². The molecule has 13 heavy (non-hydrogen) atoms. The van der Waals surface area contributed by atoms with E-state index in [1.165, 1.54) is 12.0 Å². The molecular formula is C11H17NS. The van der Waals surface area contributed by atoms with Gasteiger partial charge in [-0.15, -0.1) is 11.8 Å². The molecule has 0 aliphatic heterocycles. The molecule has 0 amide bonds. The van der Waals surface area contributed by atoms with Crippen molar-refractivity contribution >= 4 is 11.8 Å². The second-order valence-electron chi connectivity index (χ2n) is 2.98. The van der Waals surface area contributed by atoms with Crippen LogP contribution < -0.4 is 5.32 Å². The largest absolute Gasteiger partial charge is 0.308 e. The van der Waals surface area contributed by atoms with E-state index in [1.54, 1.807) is 0 Å². The highest BCUT2D eigenvalue weighted by molar-refractivity contribution is 7.99. The Morgan fingerprint density at radius 2 is 2.00 bits per heavy atom. The first-order chi connectivity index (χ1) is 6.36. The molecule has 0 spiro atoms. The number of nitrogens with one attached hydrogen (secondary N) is 1. The van der Waals surface area contributed by atoms with Gasteiger partial charge in [-0.05, 0) is 19.0 Å². The summed E-state index contributed by atoms with van der Waals surface area (Å²) in [7, 11) is 2.02. The lowest BCUT2D eigenvalue weighted by atomic mass is 10.2. The van der Waals surface area contributed by atoms with E-state index in [0.29, 0.717) is 5.37 Å². The zero-order valence-electron chi connectivity index (χ0n) is 8.29. The third kappa shape index (κ3) is 3.83. The second-order valence-corrected chi connectivity index (χ2v) is 4.17. The molecule has 0 aliphatic carbocycles. The van der Waals surface area contributed by atoms with Gasteiger partial charge in [0.15, 0.2) is 0 Å². The molecule has 1 nitrogen and oxygen atoms in total. The van der Waals surface area contributed by atoms with Gasteiger partial charge in [0.25, 0.3) is 0 Å². The first kappa shape index (κ1) is 10.6. The van der Waals surface area contributed by atoms with Crippen LogP contribution in [0.3, 0.4) is 0 Å². The molecule has 1 atom stereocenters. The highest BCUT2D eigenvalue weighted by Gasteiger charge is 2.02. The molecule has 0 fully saturated rings. The van der Waals surface area contributed by atoms with Crippen LogP contribution in [0.2, 0.25) is 0 Å². The summed E-state index contributed by atoms with van der Waals surface area (Å²) in [5.74, 6) is 1.10. The van der Waals surface area contributed by atoms with E-state index in [1.807, 2.05) is 18.8 Å². The Labute approximate surface area is 84.9 Å². The van der Waals surface area contributed by atoms with Crippen LogP contribution in [0.5, 0.6) is 0 Å². The monoisotopic (exact) mass is 195 g/mol. The molecule has 0 saturated carbocycles. The number of benzene rings is 1. The molecular weight excluding hydrogens is 178 g/mol. The molecule has 1 unspecified atom stereocenters. The minimum absolute atomic E-state index is 0.584. The van der Waals surface area contributed by atoms with Crippen molar-refractivity contribution in [1.82, 2.24) is 5.32 Å².